The number of ether oxygens (including phenoxy) is 2. The van der Waals surface area contributed by atoms with Gasteiger partial charge in [-0.2, -0.15) is 0 Å². The van der Waals surface area contributed by atoms with Crippen molar-refractivity contribution in [3.63, 3.8) is 0 Å². The van der Waals surface area contributed by atoms with Crippen LogP contribution in [-0.2, 0) is 13.2 Å². The number of rotatable bonds is 6. The number of aromatic nitrogens is 2. The second-order valence-electron chi connectivity index (χ2n) is 6.69. The van der Waals surface area contributed by atoms with E-state index in [0.717, 1.165) is 16.6 Å². The van der Waals surface area contributed by atoms with Gasteiger partial charge in [0, 0.05) is 16.6 Å². The van der Waals surface area contributed by atoms with Gasteiger partial charge in [-0.25, -0.2) is 4.98 Å². The van der Waals surface area contributed by atoms with Gasteiger partial charge >= 0.3 is 6.36 Å². The predicted molar refractivity (Wildman–Crippen MR) is 113 cm³/mol. The number of imidazole rings is 1. The third-order valence-electron chi connectivity index (χ3n) is 4.45. The molecule has 0 N–H and O–H groups in total. The zero-order valence-corrected chi connectivity index (χ0v) is 17.4. The zero-order valence-electron chi connectivity index (χ0n) is 15.9. The summed E-state index contributed by atoms with van der Waals surface area (Å²) in [5.41, 5.74) is 2.27. The van der Waals surface area contributed by atoms with Crippen LogP contribution in [0.25, 0.3) is 11.0 Å². The molecule has 31 heavy (non-hydrogen) atoms. The molecule has 0 spiro atoms. The SMILES string of the molecule is FC(F)(F)Oc1ccc(Cn2c(COc3cccc(Cl)c3)nc3ccc(Cl)cc32)cc1. The lowest BCUT2D eigenvalue weighted by Gasteiger charge is -2.12. The first-order valence-electron chi connectivity index (χ1n) is 9.14. The zero-order chi connectivity index (χ0) is 22.0. The van der Waals surface area contributed by atoms with Gasteiger partial charge in [0.2, 0.25) is 0 Å². The van der Waals surface area contributed by atoms with Gasteiger partial charge in [-0.05, 0) is 54.1 Å². The summed E-state index contributed by atoms with van der Waals surface area (Å²) < 4.78 is 48.9. The van der Waals surface area contributed by atoms with Crippen molar-refractivity contribution in [2.24, 2.45) is 0 Å². The summed E-state index contributed by atoms with van der Waals surface area (Å²) in [6, 6.07) is 18.0. The average Bonchev–Trinajstić information content (AvgIpc) is 3.03. The molecule has 9 heteroatoms. The third kappa shape index (κ3) is 5.42. The van der Waals surface area contributed by atoms with Crippen molar-refractivity contribution >= 4 is 34.2 Å². The number of alkyl halides is 3. The molecule has 0 saturated heterocycles. The molecule has 3 aromatic carbocycles. The van der Waals surface area contributed by atoms with Crippen LogP contribution in [-0.4, -0.2) is 15.9 Å². The highest BCUT2D eigenvalue weighted by molar-refractivity contribution is 6.31. The molecule has 0 radical (unpaired) electrons. The Hall–Kier alpha value is -2.90. The van der Waals surface area contributed by atoms with E-state index >= 15 is 0 Å². The second-order valence-corrected chi connectivity index (χ2v) is 7.56. The van der Waals surface area contributed by atoms with Crippen LogP contribution >= 0.6 is 23.2 Å². The van der Waals surface area contributed by atoms with Gasteiger partial charge in [-0.1, -0.05) is 41.4 Å². The summed E-state index contributed by atoms with van der Waals surface area (Å²) in [7, 11) is 0. The predicted octanol–water partition coefficient (Wildman–Crippen LogP) is 6.87. The van der Waals surface area contributed by atoms with E-state index in [1.165, 1.54) is 12.1 Å². The summed E-state index contributed by atoms with van der Waals surface area (Å²) in [6.45, 7) is 0.527. The van der Waals surface area contributed by atoms with E-state index in [4.69, 9.17) is 27.9 Å². The van der Waals surface area contributed by atoms with Crippen molar-refractivity contribution in [1.29, 1.82) is 0 Å². The van der Waals surface area contributed by atoms with E-state index in [0.29, 0.717) is 28.2 Å². The number of hydrogen-bond donors (Lipinski definition) is 0. The van der Waals surface area contributed by atoms with Crippen molar-refractivity contribution in [3.8, 4) is 11.5 Å². The first-order valence-corrected chi connectivity index (χ1v) is 9.90. The summed E-state index contributed by atoms with van der Waals surface area (Å²) in [5, 5.41) is 1.10. The maximum atomic E-state index is 12.4. The quantitative estimate of drug-likeness (QED) is 0.311. The Balaban J connectivity index is 1.62. The van der Waals surface area contributed by atoms with E-state index in [1.54, 1.807) is 54.6 Å². The molecule has 0 atom stereocenters. The monoisotopic (exact) mass is 466 g/mol. The lowest BCUT2D eigenvalue weighted by Crippen LogP contribution is -2.17. The lowest BCUT2D eigenvalue weighted by molar-refractivity contribution is -0.274. The first-order chi connectivity index (χ1) is 14.8. The molecule has 4 aromatic rings. The van der Waals surface area contributed by atoms with E-state index in [-0.39, 0.29) is 12.4 Å². The van der Waals surface area contributed by atoms with Gasteiger partial charge in [0.05, 0.1) is 11.0 Å². The Morgan fingerprint density at radius 3 is 2.32 bits per heavy atom. The van der Waals surface area contributed by atoms with Crippen LogP contribution in [0.5, 0.6) is 11.5 Å². The molecule has 0 fully saturated rings. The van der Waals surface area contributed by atoms with E-state index in [2.05, 4.69) is 9.72 Å². The number of benzene rings is 3. The van der Waals surface area contributed by atoms with Crippen molar-refractivity contribution in [3.05, 3.63) is 88.2 Å². The maximum absolute atomic E-state index is 12.4. The molecule has 0 bridgehead atoms. The van der Waals surface area contributed by atoms with Crippen LogP contribution in [0.4, 0.5) is 13.2 Å². The normalized spacial score (nSPS) is 11.6. The van der Waals surface area contributed by atoms with Crippen LogP contribution < -0.4 is 9.47 Å². The molecule has 0 saturated carbocycles. The fourth-order valence-corrected chi connectivity index (χ4v) is 3.46. The molecule has 160 valence electrons. The largest absolute Gasteiger partial charge is 0.573 e. The smallest absolute Gasteiger partial charge is 0.486 e. The van der Waals surface area contributed by atoms with E-state index in [9.17, 15) is 13.2 Å². The number of halogens is 5. The Morgan fingerprint density at radius 2 is 1.61 bits per heavy atom. The molecule has 4 rings (SSSR count). The lowest BCUT2D eigenvalue weighted by atomic mass is 10.2. The van der Waals surface area contributed by atoms with Crippen LogP contribution in [0, 0.1) is 0 Å². The fraction of sp³-hybridized carbons (Fsp3) is 0.136. The molecular weight excluding hydrogens is 452 g/mol. The topological polar surface area (TPSA) is 36.3 Å². The Kier molecular flexibility index (Phi) is 5.98. The molecule has 0 aliphatic heterocycles. The van der Waals surface area contributed by atoms with E-state index < -0.39 is 6.36 Å². The molecule has 0 aliphatic carbocycles. The van der Waals surface area contributed by atoms with Crippen LogP contribution in [0.15, 0.2) is 66.7 Å². The molecule has 1 aromatic heterocycles. The highest BCUT2D eigenvalue weighted by atomic mass is 35.5. The number of hydrogen-bond acceptors (Lipinski definition) is 3. The Morgan fingerprint density at radius 1 is 0.871 bits per heavy atom. The number of fused-ring (bicyclic) bond motifs is 1. The highest BCUT2D eigenvalue weighted by Gasteiger charge is 2.31. The molecule has 0 unspecified atom stereocenters. The number of nitrogens with zero attached hydrogens (tertiary/aromatic N) is 2. The maximum Gasteiger partial charge on any atom is 0.573 e. The van der Waals surface area contributed by atoms with Gasteiger partial charge in [0.15, 0.2) is 0 Å². The van der Waals surface area contributed by atoms with Gasteiger partial charge < -0.3 is 14.0 Å². The van der Waals surface area contributed by atoms with Gasteiger partial charge in [-0.15, -0.1) is 13.2 Å². The van der Waals surface area contributed by atoms with Crippen molar-refractivity contribution in [1.82, 2.24) is 9.55 Å². The van der Waals surface area contributed by atoms with Crippen LogP contribution in [0.3, 0.4) is 0 Å². The van der Waals surface area contributed by atoms with Crippen molar-refractivity contribution in [2.75, 3.05) is 0 Å². The van der Waals surface area contributed by atoms with E-state index in [1.807, 2.05) is 4.57 Å². The average molecular weight is 467 g/mol. The summed E-state index contributed by atoms with van der Waals surface area (Å²) in [4.78, 5) is 4.63. The standard InChI is InChI=1S/C22H15Cl2F3N2O2/c23-15-2-1-3-18(10-15)30-13-21-28-19-9-6-16(24)11-20(19)29(21)12-14-4-7-17(8-5-14)31-22(25,26)27/h1-11H,12-13H2. The van der Waals surface area contributed by atoms with Crippen LogP contribution in [0.1, 0.15) is 11.4 Å². The molecule has 4 nitrogen and oxygen atoms in total. The minimum Gasteiger partial charge on any atom is -0.486 e. The highest BCUT2D eigenvalue weighted by Crippen LogP contribution is 2.26. The molecule has 1 heterocycles. The van der Waals surface area contributed by atoms with Crippen molar-refractivity contribution in [2.45, 2.75) is 19.5 Å². The van der Waals surface area contributed by atoms with Gasteiger partial charge in [-0.3, -0.25) is 0 Å². The summed E-state index contributed by atoms with van der Waals surface area (Å²) in [6.07, 6.45) is -4.73. The third-order valence-corrected chi connectivity index (χ3v) is 4.92. The minimum atomic E-state index is -4.73. The summed E-state index contributed by atoms with van der Waals surface area (Å²) >= 11 is 12.2. The van der Waals surface area contributed by atoms with Crippen molar-refractivity contribution < 1.29 is 22.6 Å². The fourth-order valence-electron chi connectivity index (χ4n) is 3.12. The Bertz CT molecular complexity index is 1210. The van der Waals surface area contributed by atoms with Gasteiger partial charge in [0.25, 0.3) is 0 Å². The second kappa shape index (κ2) is 8.69. The summed E-state index contributed by atoms with van der Waals surface area (Å²) in [5.74, 6) is 0.949. The first kappa shape index (κ1) is 21.3. The minimum absolute atomic E-state index is 0.169. The molecule has 0 aliphatic rings. The molecule has 0 amide bonds. The van der Waals surface area contributed by atoms with Gasteiger partial charge in [0.1, 0.15) is 23.9 Å². The molecular formula is C22H15Cl2F3N2O2. The Labute approximate surface area is 185 Å². The van der Waals surface area contributed by atoms with Crippen LogP contribution in [0.2, 0.25) is 10.0 Å².